The summed E-state index contributed by atoms with van der Waals surface area (Å²) in [6, 6.07) is 10.5. The first-order chi connectivity index (χ1) is 8.86. The molecule has 0 saturated carbocycles. The molecule has 1 aromatic carbocycles. The summed E-state index contributed by atoms with van der Waals surface area (Å²) in [4.78, 5) is 4.39. The third kappa shape index (κ3) is 2.86. The summed E-state index contributed by atoms with van der Waals surface area (Å²) in [5.74, 6) is 0. The smallest absolute Gasteiger partial charge is 0.0705 e. The van der Waals surface area contributed by atoms with Crippen molar-refractivity contribution in [3.8, 4) is 0 Å². The van der Waals surface area contributed by atoms with Crippen LogP contribution in [-0.4, -0.2) is 25.2 Å². The molecule has 0 amide bonds. The average Bonchev–Trinajstić information content (AvgIpc) is 2.43. The molecule has 0 bridgehead atoms. The standard InChI is InChI=1S/C15H20N2O/c1-3-10-18-11-15(16-2)13-8-9-17-14-7-5-4-6-12(13)14/h4-9,15-16H,3,10-11H2,1-2H3. The van der Waals surface area contributed by atoms with Gasteiger partial charge in [0.05, 0.1) is 18.2 Å². The monoisotopic (exact) mass is 244 g/mol. The molecule has 1 N–H and O–H groups in total. The van der Waals surface area contributed by atoms with E-state index in [1.54, 1.807) is 0 Å². The molecule has 0 radical (unpaired) electrons. The molecule has 18 heavy (non-hydrogen) atoms. The van der Waals surface area contributed by atoms with Gasteiger partial charge >= 0.3 is 0 Å². The molecule has 0 aliphatic rings. The summed E-state index contributed by atoms with van der Waals surface area (Å²) in [6.07, 6.45) is 2.91. The lowest BCUT2D eigenvalue weighted by Crippen LogP contribution is -2.22. The van der Waals surface area contributed by atoms with Gasteiger partial charge in [-0.1, -0.05) is 25.1 Å². The van der Waals surface area contributed by atoms with Gasteiger partial charge in [-0.25, -0.2) is 0 Å². The molecular weight excluding hydrogens is 224 g/mol. The highest BCUT2D eigenvalue weighted by Crippen LogP contribution is 2.22. The average molecular weight is 244 g/mol. The minimum absolute atomic E-state index is 0.212. The zero-order chi connectivity index (χ0) is 12.8. The van der Waals surface area contributed by atoms with Gasteiger partial charge in [-0.3, -0.25) is 4.98 Å². The Morgan fingerprint density at radius 1 is 1.28 bits per heavy atom. The molecule has 0 saturated heterocycles. The van der Waals surface area contributed by atoms with Crippen LogP contribution in [0.5, 0.6) is 0 Å². The molecule has 0 fully saturated rings. The van der Waals surface area contributed by atoms with E-state index in [-0.39, 0.29) is 6.04 Å². The van der Waals surface area contributed by atoms with Crippen molar-refractivity contribution in [2.75, 3.05) is 20.3 Å². The van der Waals surface area contributed by atoms with E-state index in [1.165, 1.54) is 10.9 Å². The van der Waals surface area contributed by atoms with E-state index >= 15 is 0 Å². The first-order valence-corrected chi connectivity index (χ1v) is 6.45. The predicted molar refractivity (Wildman–Crippen MR) is 74.7 cm³/mol. The Balaban J connectivity index is 2.27. The number of hydrogen-bond donors (Lipinski definition) is 1. The van der Waals surface area contributed by atoms with Crippen molar-refractivity contribution in [1.29, 1.82) is 0 Å². The third-order valence-electron chi connectivity index (χ3n) is 3.04. The molecule has 3 heteroatoms. The molecule has 96 valence electrons. The molecule has 3 nitrogen and oxygen atoms in total. The number of aromatic nitrogens is 1. The molecule has 0 aliphatic heterocycles. The SMILES string of the molecule is CCCOCC(NC)c1ccnc2ccccc12. The second kappa shape index (κ2) is 6.47. The van der Waals surface area contributed by atoms with Crippen LogP contribution in [0.15, 0.2) is 36.5 Å². The van der Waals surface area contributed by atoms with Crippen LogP contribution in [-0.2, 0) is 4.74 Å². The lowest BCUT2D eigenvalue weighted by atomic mass is 10.0. The summed E-state index contributed by atoms with van der Waals surface area (Å²) in [7, 11) is 1.97. The third-order valence-corrected chi connectivity index (χ3v) is 3.04. The van der Waals surface area contributed by atoms with Gasteiger partial charge in [0, 0.05) is 18.2 Å². The maximum absolute atomic E-state index is 5.66. The van der Waals surface area contributed by atoms with Gasteiger partial charge < -0.3 is 10.1 Å². The number of likely N-dealkylation sites (N-methyl/N-ethyl adjacent to an activating group) is 1. The molecule has 1 aromatic heterocycles. The van der Waals surface area contributed by atoms with E-state index in [2.05, 4.69) is 29.4 Å². The molecular formula is C15H20N2O. The van der Waals surface area contributed by atoms with Crippen LogP contribution in [0.4, 0.5) is 0 Å². The van der Waals surface area contributed by atoms with E-state index in [0.717, 1.165) is 18.5 Å². The predicted octanol–water partition coefficient (Wildman–Crippen LogP) is 2.92. The lowest BCUT2D eigenvalue weighted by Gasteiger charge is -2.18. The number of fused-ring (bicyclic) bond motifs is 1. The maximum atomic E-state index is 5.66. The number of hydrogen-bond acceptors (Lipinski definition) is 3. The number of pyridine rings is 1. The van der Waals surface area contributed by atoms with Gasteiger partial charge in [0.2, 0.25) is 0 Å². The maximum Gasteiger partial charge on any atom is 0.0705 e. The van der Waals surface area contributed by atoms with Crippen molar-refractivity contribution in [2.45, 2.75) is 19.4 Å². The molecule has 2 rings (SSSR count). The first kappa shape index (κ1) is 13.0. The van der Waals surface area contributed by atoms with Crippen LogP contribution in [0.3, 0.4) is 0 Å². The van der Waals surface area contributed by atoms with Gasteiger partial charge in [-0.05, 0) is 31.2 Å². The van der Waals surface area contributed by atoms with Gasteiger partial charge in [0.25, 0.3) is 0 Å². The fourth-order valence-corrected chi connectivity index (χ4v) is 2.10. The van der Waals surface area contributed by atoms with Crippen LogP contribution < -0.4 is 5.32 Å². The van der Waals surface area contributed by atoms with Crippen LogP contribution in [0.2, 0.25) is 0 Å². The topological polar surface area (TPSA) is 34.1 Å². The normalized spacial score (nSPS) is 12.8. The highest BCUT2D eigenvalue weighted by Gasteiger charge is 2.12. The first-order valence-electron chi connectivity index (χ1n) is 6.45. The summed E-state index contributed by atoms with van der Waals surface area (Å²) < 4.78 is 5.66. The number of para-hydroxylation sites is 1. The van der Waals surface area contributed by atoms with E-state index in [4.69, 9.17) is 4.74 Å². The fourth-order valence-electron chi connectivity index (χ4n) is 2.10. The zero-order valence-corrected chi connectivity index (χ0v) is 11.0. The number of ether oxygens (including phenoxy) is 1. The zero-order valence-electron chi connectivity index (χ0n) is 11.0. The molecule has 0 spiro atoms. The van der Waals surface area contributed by atoms with Crippen molar-refractivity contribution < 1.29 is 4.74 Å². The second-order valence-electron chi connectivity index (χ2n) is 4.33. The Labute approximate surface area is 108 Å². The van der Waals surface area contributed by atoms with Crippen LogP contribution in [0.25, 0.3) is 10.9 Å². The highest BCUT2D eigenvalue weighted by molar-refractivity contribution is 5.82. The Morgan fingerprint density at radius 2 is 2.11 bits per heavy atom. The van der Waals surface area contributed by atoms with Crippen LogP contribution in [0.1, 0.15) is 24.9 Å². The van der Waals surface area contributed by atoms with Gasteiger partial charge in [-0.15, -0.1) is 0 Å². The van der Waals surface area contributed by atoms with Crippen molar-refractivity contribution >= 4 is 10.9 Å². The number of benzene rings is 1. The Morgan fingerprint density at radius 3 is 2.89 bits per heavy atom. The summed E-state index contributed by atoms with van der Waals surface area (Å²) in [5.41, 5.74) is 2.28. The highest BCUT2D eigenvalue weighted by atomic mass is 16.5. The van der Waals surface area contributed by atoms with Crippen molar-refractivity contribution in [3.05, 3.63) is 42.1 Å². The van der Waals surface area contributed by atoms with E-state index in [0.29, 0.717) is 6.61 Å². The Kier molecular flexibility index (Phi) is 4.67. The van der Waals surface area contributed by atoms with Gasteiger partial charge in [0.1, 0.15) is 0 Å². The largest absolute Gasteiger partial charge is 0.379 e. The number of nitrogens with one attached hydrogen (secondary N) is 1. The van der Waals surface area contributed by atoms with Gasteiger partial charge in [-0.2, -0.15) is 0 Å². The minimum atomic E-state index is 0.212. The molecule has 1 heterocycles. The summed E-state index contributed by atoms with van der Waals surface area (Å²) in [6.45, 7) is 3.62. The van der Waals surface area contributed by atoms with Crippen LogP contribution >= 0.6 is 0 Å². The fraction of sp³-hybridized carbons (Fsp3) is 0.400. The van der Waals surface area contributed by atoms with E-state index in [9.17, 15) is 0 Å². The summed E-state index contributed by atoms with van der Waals surface area (Å²) >= 11 is 0. The number of rotatable bonds is 6. The van der Waals surface area contributed by atoms with Crippen LogP contribution in [0, 0.1) is 0 Å². The molecule has 1 atom stereocenters. The lowest BCUT2D eigenvalue weighted by molar-refractivity contribution is 0.114. The van der Waals surface area contributed by atoms with E-state index < -0.39 is 0 Å². The van der Waals surface area contributed by atoms with Crippen molar-refractivity contribution in [2.24, 2.45) is 0 Å². The quantitative estimate of drug-likeness (QED) is 0.793. The Bertz CT molecular complexity index is 493. The minimum Gasteiger partial charge on any atom is -0.379 e. The second-order valence-corrected chi connectivity index (χ2v) is 4.33. The van der Waals surface area contributed by atoms with Crippen molar-refractivity contribution in [1.82, 2.24) is 10.3 Å². The Hall–Kier alpha value is -1.45. The summed E-state index contributed by atoms with van der Waals surface area (Å²) in [5, 5.41) is 4.51. The number of nitrogens with zero attached hydrogens (tertiary/aromatic N) is 1. The molecule has 1 unspecified atom stereocenters. The van der Waals surface area contributed by atoms with E-state index in [1.807, 2.05) is 31.4 Å². The van der Waals surface area contributed by atoms with Crippen molar-refractivity contribution in [3.63, 3.8) is 0 Å². The molecule has 0 aliphatic carbocycles. The van der Waals surface area contributed by atoms with Gasteiger partial charge in [0.15, 0.2) is 0 Å². The molecule has 2 aromatic rings.